The van der Waals surface area contributed by atoms with Gasteiger partial charge in [0.05, 0.1) is 0 Å². The molecule has 3 rings (SSSR count). The molecule has 0 aliphatic carbocycles. The first-order valence-corrected chi connectivity index (χ1v) is 7.73. The second-order valence-electron chi connectivity index (χ2n) is 5.60. The maximum Gasteiger partial charge on any atom is 0.276 e. The summed E-state index contributed by atoms with van der Waals surface area (Å²) in [6.45, 7) is 4.61. The lowest BCUT2D eigenvalue weighted by molar-refractivity contribution is 0.0697. The Morgan fingerprint density at radius 3 is 2.96 bits per heavy atom. The van der Waals surface area contributed by atoms with Crippen molar-refractivity contribution in [3.8, 4) is 5.75 Å². The lowest BCUT2D eigenvalue weighted by Crippen LogP contribution is -2.51. The lowest BCUT2D eigenvalue weighted by Gasteiger charge is -2.31. The van der Waals surface area contributed by atoms with E-state index in [2.05, 4.69) is 22.2 Å². The fourth-order valence-corrected chi connectivity index (χ4v) is 2.57. The molecule has 0 radical (unpaired) electrons. The molecular formula is C17H20N4O2. The summed E-state index contributed by atoms with van der Waals surface area (Å²) in [5.41, 5.74) is 1.37. The number of hydrogen-bond acceptors (Lipinski definition) is 5. The molecule has 6 heteroatoms. The van der Waals surface area contributed by atoms with Crippen molar-refractivity contribution in [3.05, 3.63) is 54.1 Å². The molecule has 3 heterocycles. The SMILES string of the molecule is CC1CN(C(=O)c2ncccc2OCc2ccncc2)CCN1. The molecule has 0 spiro atoms. The van der Waals surface area contributed by atoms with E-state index < -0.39 is 0 Å². The van der Waals surface area contributed by atoms with E-state index in [0.29, 0.717) is 31.1 Å². The average Bonchev–Trinajstić information content (AvgIpc) is 2.60. The minimum Gasteiger partial charge on any atom is -0.486 e. The van der Waals surface area contributed by atoms with Crippen LogP contribution in [0.3, 0.4) is 0 Å². The Morgan fingerprint density at radius 1 is 1.35 bits per heavy atom. The van der Waals surface area contributed by atoms with Gasteiger partial charge in [0.15, 0.2) is 11.4 Å². The fraction of sp³-hybridized carbons (Fsp3) is 0.353. The minimum absolute atomic E-state index is 0.0799. The van der Waals surface area contributed by atoms with Crippen molar-refractivity contribution in [3.63, 3.8) is 0 Å². The zero-order chi connectivity index (χ0) is 16.1. The van der Waals surface area contributed by atoms with Gasteiger partial charge in [-0.05, 0) is 36.8 Å². The second-order valence-corrected chi connectivity index (χ2v) is 5.60. The topological polar surface area (TPSA) is 67.4 Å². The lowest BCUT2D eigenvalue weighted by atomic mass is 10.2. The normalized spacial score (nSPS) is 17.8. The summed E-state index contributed by atoms with van der Waals surface area (Å²) in [7, 11) is 0. The number of rotatable bonds is 4. The van der Waals surface area contributed by atoms with Crippen LogP contribution in [0.5, 0.6) is 5.75 Å². The van der Waals surface area contributed by atoms with Crippen molar-refractivity contribution in [2.75, 3.05) is 19.6 Å². The van der Waals surface area contributed by atoms with Crippen molar-refractivity contribution < 1.29 is 9.53 Å². The quantitative estimate of drug-likeness (QED) is 0.926. The molecule has 23 heavy (non-hydrogen) atoms. The summed E-state index contributed by atoms with van der Waals surface area (Å²) >= 11 is 0. The summed E-state index contributed by atoms with van der Waals surface area (Å²) < 4.78 is 5.81. The number of carbonyl (C=O) groups excluding carboxylic acids is 1. The predicted molar refractivity (Wildman–Crippen MR) is 86.2 cm³/mol. The van der Waals surface area contributed by atoms with E-state index in [4.69, 9.17) is 4.74 Å². The van der Waals surface area contributed by atoms with E-state index in [1.54, 1.807) is 30.7 Å². The number of carbonyl (C=O) groups is 1. The summed E-state index contributed by atoms with van der Waals surface area (Å²) in [5.74, 6) is 0.434. The van der Waals surface area contributed by atoms with E-state index >= 15 is 0 Å². The molecule has 1 unspecified atom stereocenters. The minimum atomic E-state index is -0.0799. The van der Waals surface area contributed by atoms with Gasteiger partial charge in [0, 0.05) is 44.3 Å². The van der Waals surface area contributed by atoms with E-state index in [1.165, 1.54) is 0 Å². The molecule has 1 amide bonds. The van der Waals surface area contributed by atoms with E-state index in [9.17, 15) is 4.79 Å². The van der Waals surface area contributed by atoms with Gasteiger partial charge in [-0.15, -0.1) is 0 Å². The highest BCUT2D eigenvalue weighted by Crippen LogP contribution is 2.19. The number of hydrogen-bond donors (Lipinski definition) is 1. The number of nitrogens with one attached hydrogen (secondary N) is 1. The second kappa shape index (κ2) is 7.19. The van der Waals surface area contributed by atoms with Crippen molar-refractivity contribution in [1.29, 1.82) is 0 Å². The standard InChI is InChI=1S/C17H20N4O2/c1-13-11-21(10-9-19-13)17(22)16-15(3-2-6-20-16)23-12-14-4-7-18-8-5-14/h2-8,13,19H,9-12H2,1H3. The van der Waals surface area contributed by atoms with Gasteiger partial charge in [-0.2, -0.15) is 0 Å². The molecule has 120 valence electrons. The molecule has 1 fully saturated rings. The van der Waals surface area contributed by atoms with Gasteiger partial charge in [0.2, 0.25) is 0 Å². The molecule has 0 bridgehead atoms. The van der Waals surface area contributed by atoms with Crippen molar-refractivity contribution in [1.82, 2.24) is 20.2 Å². The Hall–Kier alpha value is -2.47. The molecule has 1 saturated heterocycles. The Kier molecular flexibility index (Phi) is 4.83. The zero-order valence-electron chi connectivity index (χ0n) is 13.1. The highest BCUT2D eigenvalue weighted by Gasteiger charge is 2.25. The van der Waals surface area contributed by atoms with Gasteiger partial charge in [-0.25, -0.2) is 4.98 Å². The third-order valence-electron chi connectivity index (χ3n) is 3.77. The molecular weight excluding hydrogens is 292 g/mol. The molecule has 2 aromatic rings. The Labute approximate surface area is 135 Å². The first-order chi connectivity index (χ1) is 11.2. The number of nitrogens with zero attached hydrogens (tertiary/aromatic N) is 3. The maximum absolute atomic E-state index is 12.7. The molecule has 6 nitrogen and oxygen atoms in total. The third-order valence-corrected chi connectivity index (χ3v) is 3.77. The summed E-state index contributed by atoms with van der Waals surface area (Å²) in [6, 6.07) is 7.62. The van der Waals surface area contributed by atoms with Crippen molar-refractivity contribution in [2.45, 2.75) is 19.6 Å². The van der Waals surface area contributed by atoms with Crippen LogP contribution in [0, 0.1) is 0 Å². The summed E-state index contributed by atoms with van der Waals surface area (Å²) in [4.78, 5) is 22.8. The van der Waals surface area contributed by atoms with Crippen LogP contribution in [-0.2, 0) is 6.61 Å². The molecule has 1 aliphatic heterocycles. The van der Waals surface area contributed by atoms with Gasteiger partial charge < -0.3 is 15.0 Å². The van der Waals surface area contributed by atoms with Crippen molar-refractivity contribution in [2.24, 2.45) is 0 Å². The molecule has 2 aromatic heterocycles. The predicted octanol–water partition coefficient (Wildman–Crippen LogP) is 1.49. The highest BCUT2D eigenvalue weighted by molar-refractivity contribution is 5.95. The maximum atomic E-state index is 12.7. The Bertz CT molecular complexity index is 663. The van der Waals surface area contributed by atoms with E-state index in [0.717, 1.165) is 12.1 Å². The third kappa shape index (κ3) is 3.84. The van der Waals surface area contributed by atoms with E-state index in [-0.39, 0.29) is 11.9 Å². The van der Waals surface area contributed by atoms with Crippen molar-refractivity contribution >= 4 is 5.91 Å². The molecule has 0 aromatic carbocycles. The number of amides is 1. The van der Waals surface area contributed by atoms with Gasteiger partial charge >= 0.3 is 0 Å². The summed E-state index contributed by atoms with van der Waals surface area (Å²) in [6.07, 6.45) is 5.06. The number of ether oxygens (including phenoxy) is 1. The van der Waals surface area contributed by atoms with Crippen LogP contribution in [0.4, 0.5) is 0 Å². The monoisotopic (exact) mass is 312 g/mol. The van der Waals surface area contributed by atoms with Gasteiger partial charge in [0.25, 0.3) is 5.91 Å². The zero-order valence-corrected chi connectivity index (χ0v) is 13.1. The van der Waals surface area contributed by atoms with Gasteiger partial charge in [0.1, 0.15) is 6.61 Å². The molecule has 1 atom stereocenters. The highest BCUT2D eigenvalue weighted by atomic mass is 16.5. The molecule has 1 N–H and O–H groups in total. The smallest absolute Gasteiger partial charge is 0.276 e. The number of pyridine rings is 2. The van der Waals surface area contributed by atoms with Crippen LogP contribution in [0.1, 0.15) is 23.0 Å². The van der Waals surface area contributed by atoms with Crippen LogP contribution in [0.15, 0.2) is 42.9 Å². The summed E-state index contributed by atoms with van der Waals surface area (Å²) in [5, 5.41) is 3.33. The van der Waals surface area contributed by atoms with Gasteiger partial charge in [-0.1, -0.05) is 0 Å². The van der Waals surface area contributed by atoms with Crippen LogP contribution in [0.2, 0.25) is 0 Å². The van der Waals surface area contributed by atoms with Crippen LogP contribution < -0.4 is 10.1 Å². The van der Waals surface area contributed by atoms with E-state index in [1.807, 2.05) is 17.0 Å². The first-order valence-electron chi connectivity index (χ1n) is 7.73. The Morgan fingerprint density at radius 2 is 2.17 bits per heavy atom. The number of aromatic nitrogens is 2. The van der Waals surface area contributed by atoms with Crippen LogP contribution in [-0.4, -0.2) is 46.5 Å². The van der Waals surface area contributed by atoms with Gasteiger partial charge in [-0.3, -0.25) is 9.78 Å². The fourth-order valence-electron chi connectivity index (χ4n) is 2.57. The van der Waals surface area contributed by atoms with Crippen LogP contribution >= 0.6 is 0 Å². The number of piperazine rings is 1. The molecule has 1 aliphatic rings. The van der Waals surface area contributed by atoms with Crippen LogP contribution in [0.25, 0.3) is 0 Å². The largest absolute Gasteiger partial charge is 0.486 e. The molecule has 0 saturated carbocycles. The Balaban J connectivity index is 1.73. The first kappa shape index (κ1) is 15.4. The average molecular weight is 312 g/mol.